The average molecular weight is 343 g/mol. The van der Waals surface area contributed by atoms with Crippen LogP contribution in [-0.4, -0.2) is 19.2 Å². The Bertz CT molecular complexity index is 881. The standard InChI is InChI=1S/C19H19ClN2O2/c1-12-8-19(22-16-10-14(20)5-6-15(12)16)21-11-13-4-7-17(23-2)18(9-13)24-3/h4-10H,11H2,1-3H3,(H,21,22). The molecule has 0 saturated heterocycles. The van der Waals surface area contributed by atoms with Gasteiger partial charge < -0.3 is 14.8 Å². The summed E-state index contributed by atoms with van der Waals surface area (Å²) in [7, 11) is 3.26. The lowest BCUT2D eigenvalue weighted by atomic mass is 10.1. The number of fused-ring (bicyclic) bond motifs is 1. The monoisotopic (exact) mass is 342 g/mol. The van der Waals surface area contributed by atoms with E-state index in [2.05, 4.69) is 17.2 Å². The lowest BCUT2D eigenvalue weighted by Crippen LogP contribution is -2.03. The minimum Gasteiger partial charge on any atom is -0.493 e. The van der Waals surface area contributed by atoms with Gasteiger partial charge in [0, 0.05) is 17.0 Å². The van der Waals surface area contributed by atoms with Gasteiger partial charge in [0.1, 0.15) is 5.82 Å². The molecule has 1 aromatic heterocycles. The van der Waals surface area contributed by atoms with Crippen LogP contribution in [0.2, 0.25) is 5.02 Å². The zero-order chi connectivity index (χ0) is 17.1. The topological polar surface area (TPSA) is 43.4 Å². The summed E-state index contributed by atoms with van der Waals surface area (Å²) in [5.41, 5.74) is 3.13. The minimum atomic E-state index is 0.638. The molecule has 0 aliphatic heterocycles. The zero-order valence-corrected chi connectivity index (χ0v) is 14.6. The van der Waals surface area contributed by atoms with Crippen molar-refractivity contribution >= 4 is 28.3 Å². The molecule has 5 heteroatoms. The van der Waals surface area contributed by atoms with Crippen LogP contribution >= 0.6 is 11.6 Å². The number of aromatic nitrogens is 1. The molecule has 0 radical (unpaired) electrons. The van der Waals surface area contributed by atoms with Crippen LogP contribution in [0.5, 0.6) is 11.5 Å². The molecule has 0 bridgehead atoms. The second-order valence-corrected chi connectivity index (χ2v) is 5.97. The number of nitrogens with one attached hydrogen (secondary N) is 1. The Morgan fingerprint density at radius 2 is 1.79 bits per heavy atom. The van der Waals surface area contributed by atoms with Crippen molar-refractivity contribution in [3.8, 4) is 11.5 Å². The van der Waals surface area contributed by atoms with E-state index >= 15 is 0 Å². The molecule has 2 aromatic carbocycles. The van der Waals surface area contributed by atoms with E-state index in [4.69, 9.17) is 21.1 Å². The maximum Gasteiger partial charge on any atom is 0.161 e. The molecule has 0 aliphatic rings. The van der Waals surface area contributed by atoms with Crippen LogP contribution in [0.15, 0.2) is 42.5 Å². The Balaban J connectivity index is 1.83. The summed E-state index contributed by atoms with van der Waals surface area (Å²) in [4.78, 5) is 4.64. The smallest absolute Gasteiger partial charge is 0.161 e. The molecule has 1 heterocycles. The fourth-order valence-corrected chi connectivity index (χ4v) is 2.82. The molecule has 3 rings (SSSR count). The average Bonchev–Trinajstić information content (AvgIpc) is 2.59. The normalized spacial score (nSPS) is 10.7. The first-order valence-electron chi connectivity index (χ1n) is 7.62. The quantitative estimate of drug-likeness (QED) is 0.721. The van der Waals surface area contributed by atoms with Crippen LogP contribution < -0.4 is 14.8 Å². The highest BCUT2D eigenvalue weighted by atomic mass is 35.5. The predicted octanol–water partition coefficient (Wildman–Crippen LogP) is 4.83. The van der Waals surface area contributed by atoms with Gasteiger partial charge in [-0.1, -0.05) is 23.7 Å². The number of pyridine rings is 1. The van der Waals surface area contributed by atoms with Gasteiger partial charge in [0.2, 0.25) is 0 Å². The molecule has 0 amide bonds. The number of halogens is 1. The highest BCUT2D eigenvalue weighted by Gasteiger charge is 2.06. The Kier molecular flexibility index (Phi) is 4.76. The Hall–Kier alpha value is -2.46. The van der Waals surface area contributed by atoms with Crippen molar-refractivity contribution in [3.05, 3.63) is 58.6 Å². The molecule has 4 nitrogen and oxygen atoms in total. The highest BCUT2D eigenvalue weighted by molar-refractivity contribution is 6.31. The molecule has 1 N–H and O–H groups in total. The van der Waals surface area contributed by atoms with Gasteiger partial charge in [-0.25, -0.2) is 4.98 Å². The summed E-state index contributed by atoms with van der Waals surface area (Å²) in [5.74, 6) is 2.25. The molecular weight excluding hydrogens is 324 g/mol. The van der Waals surface area contributed by atoms with Gasteiger partial charge in [0.15, 0.2) is 11.5 Å². The molecule has 0 fully saturated rings. The zero-order valence-electron chi connectivity index (χ0n) is 13.9. The van der Waals surface area contributed by atoms with Gasteiger partial charge >= 0.3 is 0 Å². The van der Waals surface area contributed by atoms with Crippen molar-refractivity contribution in [2.75, 3.05) is 19.5 Å². The first-order chi connectivity index (χ1) is 11.6. The SMILES string of the molecule is COc1ccc(CNc2cc(C)c3ccc(Cl)cc3n2)cc1OC. The maximum absolute atomic E-state index is 6.07. The van der Waals surface area contributed by atoms with Crippen molar-refractivity contribution in [1.82, 2.24) is 4.98 Å². The van der Waals surface area contributed by atoms with Crippen molar-refractivity contribution < 1.29 is 9.47 Å². The first-order valence-corrected chi connectivity index (χ1v) is 8.00. The van der Waals surface area contributed by atoms with Gasteiger partial charge in [-0.2, -0.15) is 0 Å². The second kappa shape index (κ2) is 6.97. The molecule has 0 aliphatic carbocycles. The third kappa shape index (κ3) is 3.39. The lowest BCUT2D eigenvalue weighted by molar-refractivity contribution is 0.354. The first kappa shape index (κ1) is 16.4. The number of ether oxygens (including phenoxy) is 2. The number of hydrogen-bond donors (Lipinski definition) is 1. The predicted molar refractivity (Wildman–Crippen MR) is 98.4 cm³/mol. The fourth-order valence-electron chi connectivity index (χ4n) is 2.65. The van der Waals surface area contributed by atoms with Gasteiger partial charge in [-0.15, -0.1) is 0 Å². The summed E-state index contributed by atoms with van der Waals surface area (Å²) in [6.07, 6.45) is 0. The summed E-state index contributed by atoms with van der Waals surface area (Å²) >= 11 is 6.07. The van der Waals surface area contributed by atoms with Crippen molar-refractivity contribution in [2.45, 2.75) is 13.5 Å². The highest BCUT2D eigenvalue weighted by Crippen LogP contribution is 2.28. The van der Waals surface area contributed by atoms with Crippen LogP contribution in [0, 0.1) is 6.92 Å². The molecule has 124 valence electrons. The van der Waals surface area contributed by atoms with Crippen molar-refractivity contribution in [3.63, 3.8) is 0 Å². The third-order valence-electron chi connectivity index (χ3n) is 3.90. The van der Waals surface area contributed by atoms with E-state index in [1.165, 1.54) is 0 Å². The number of aryl methyl sites for hydroxylation is 1. The number of benzene rings is 2. The van der Waals surface area contributed by atoms with Crippen LogP contribution in [0.4, 0.5) is 5.82 Å². The van der Waals surface area contributed by atoms with Gasteiger partial charge in [-0.05, 0) is 48.4 Å². The van der Waals surface area contributed by atoms with E-state index in [-0.39, 0.29) is 0 Å². The Morgan fingerprint density at radius 1 is 1.00 bits per heavy atom. The van der Waals surface area contributed by atoms with E-state index in [1.54, 1.807) is 14.2 Å². The molecule has 0 saturated carbocycles. The van der Waals surface area contributed by atoms with E-state index < -0.39 is 0 Å². The van der Waals surface area contributed by atoms with Gasteiger partial charge in [-0.3, -0.25) is 0 Å². The van der Waals surface area contributed by atoms with Crippen molar-refractivity contribution in [2.24, 2.45) is 0 Å². The number of anilines is 1. The van der Waals surface area contributed by atoms with Crippen LogP contribution in [0.1, 0.15) is 11.1 Å². The maximum atomic E-state index is 6.07. The van der Waals surface area contributed by atoms with Crippen molar-refractivity contribution in [1.29, 1.82) is 0 Å². The van der Waals surface area contributed by atoms with Crippen LogP contribution in [0.3, 0.4) is 0 Å². The summed E-state index contributed by atoms with van der Waals surface area (Å²) in [6, 6.07) is 13.7. The molecule has 0 atom stereocenters. The number of hydrogen-bond acceptors (Lipinski definition) is 4. The summed E-state index contributed by atoms with van der Waals surface area (Å²) in [5, 5.41) is 5.15. The largest absolute Gasteiger partial charge is 0.493 e. The molecule has 0 unspecified atom stereocenters. The Morgan fingerprint density at radius 3 is 2.54 bits per heavy atom. The van der Waals surface area contributed by atoms with E-state index in [0.717, 1.165) is 33.6 Å². The number of rotatable bonds is 5. The summed E-state index contributed by atoms with van der Waals surface area (Å²) in [6.45, 7) is 2.71. The van der Waals surface area contributed by atoms with E-state index in [9.17, 15) is 0 Å². The third-order valence-corrected chi connectivity index (χ3v) is 4.14. The van der Waals surface area contributed by atoms with E-state index in [0.29, 0.717) is 17.3 Å². The second-order valence-electron chi connectivity index (χ2n) is 5.53. The van der Waals surface area contributed by atoms with Crippen LogP contribution in [-0.2, 0) is 6.54 Å². The summed E-state index contributed by atoms with van der Waals surface area (Å²) < 4.78 is 10.6. The van der Waals surface area contributed by atoms with Gasteiger partial charge in [0.05, 0.1) is 19.7 Å². The van der Waals surface area contributed by atoms with Crippen LogP contribution in [0.25, 0.3) is 10.9 Å². The van der Waals surface area contributed by atoms with E-state index in [1.807, 2.05) is 42.5 Å². The fraction of sp³-hybridized carbons (Fsp3) is 0.211. The molecule has 24 heavy (non-hydrogen) atoms. The number of methoxy groups -OCH3 is 2. The Labute approximate surface area is 146 Å². The number of nitrogens with zero attached hydrogens (tertiary/aromatic N) is 1. The molecule has 0 spiro atoms. The molecular formula is C19H19ClN2O2. The minimum absolute atomic E-state index is 0.638. The molecule has 3 aromatic rings. The lowest BCUT2D eigenvalue weighted by Gasteiger charge is -2.12. The van der Waals surface area contributed by atoms with Gasteiger partial charge in [0.25, 0.3) is 0 Å².